The zero-order valence-electron chi connectivity index (χ0n) is 11.1. The lowest BCUT2D eigenvalue weighted by Gasteiger charge is -2.17. The highest BCUT2D eigenvalue weighted by Gasteiger charge is 2.45. The van der Waals surface area contributed by atoms with Crippen LogP contribution in [0.4, 0.5) is 0 Å². The first-order valence-electron chi connectivity index (χ1n) is 6.39. The number of aliphatic imine (C=N–C) groups is 1. The van der Waals surface area contributed by atoms with Crippen molar-refractivity contribution in [3.8, 4) is 0 Å². The molecule has 0 heterocycles. The summed E-state index contributed by atoms with van der Waals surface area (Å²) in [6.45, 7) is 5.87. The van der Waals surface area contributed by atoms with E-state index in [2.05, 4.69) is 30.6 Å². The molecule has 0 aromatic carbocycles. The smallest absolute Gasteiger partial charge is 0.0435 e. The molecule has 0 saturated heterocycles. The van der Waals surface area contributed by atoms with Crippen molar-refractivity contribution in [1.29, 1.82) is 0 Å². The minimum Gasteiger partial charge on any atom is -0.381 e. The van der Waals surface area contributed by atoms with Crippen LogP contribution in [0.25, 0.3) is 0 Å². The quantitative estimate of drug-likeness (QED) is 0.661. The maximum absolute atomic E-state index is 4.47. The minimum absolute atomic E-state index is 0.592. The topological polar surface area (TPSA) is 15.6 Å². The molecule has 0 aromatic rings. The fourth-order valence-electron chi connectivity index (χ4n) is 2.51. The largest absolute Gasteiger partial charge is 0.381 e. The van der Waals surface area contributed by atoms with E-state index in [1.165, 1.54) is 19.3 Å². The number of hydrogen-bond donors (Lipinski definition) is 0. The van der Waals surface area contributed by atoms with Crippen LogP contribution in [0.5, 0.6) is 0 Å². The first-order chi connectivity index (χ1) is 8.19. The van der Waals surface area contributed by atoms with Crippen molar-refractivity contribution in [2.75, 3.05) is 14.1 Å². The van der Waals surface area contributed by atoms with E-state index in [1.54, 1.807) is 11.3 Å². The third-order valence-electron chi connectivity index (χ3n) is 3.45. The van der Waals surface area contributed by atoms with E-state index in [0.29, 0.717) is 11.8 Å². The van der Waals surface area contributed by atoms with Gasteiger partial charge in [-0.2, -0.15) is 0 Å². The maximum Gasteiger partial charge on any atom is 0.0435 e. The second-order valence-electron chi connectivity index (χ2n) is 5.07. The van der Waals surface area contributed by atoms with Crippen molar-refractivity contribution in [2.24, 2.45) is 16.8 Å². The normalized spacial score (nSPS) is 27.2. The molecule has 2 heteroatoms. The van der Waals surface area contributed by atoms with Gasteiger partial charge in [0.15, 0.2) is 0 Å². The van der Waals surface area contributed by atoms with Gasteiger partial charge in [0.25, 0.3) is 0 Å². The lowest BCUT2D eigenvalue weighted by molar-refractivity contribution is 0.472. The van der Waals surface area contributed by atoms with Crippen LogP contribution in [-0.4, -0.2) is 24.7 Å². The average Bonchev–Trinajstić information content (AvgIpc) is 3.16. The van der Waals surface area contributed by atoms with E-state index in [9.17, 15) is 0 Å². The maximum atomic E-state index is 4.47. The third kappa shape index (κ3) is 2.68. The number of hydrogen-bond acceptors (Lipinski definition) is 2. The van der Waals surface area contributed by atoms with Gasteiger partial charge in [-0.15, -0.1) is 0 Å². The second kappa shape index (κ2) is 4.91. The van der Waals surface area contributed by atoms with Crippen LogP contribution in [0, 0.1) is 11.8 Å². The summed E-state index contributed by atoms with van der Waals surface area (Å²) in [4.78, 5) is 6.77. The Kier molecular flexibility index (Phi) is 3.51. The third-order valence-corrected chi connectivity index (χ3v) is 3.45. The highest BCUT2D eigenvalue weighted by atomic mass is 15.1. The number of nitrogens with zero attached hydrogens (tertiary/aromatic N) is 2. The predicted molar refractivity (Wildman–Crippen MR) is 74.0 cm³/mol. The van der Waals surface area contributed by atoms with Gasteiger partial charge >= 0.3 is 0 Å². The molecular weight excluding hydrogens is 208 g/mol. The van der Waals surface area contributed by atoms with Gasteiger partial charge < -0.3 is 4.90 Å². The molecule has 0 unspecified atom stereocenters. The van der Waals surface area contributed by atoms with E-state index in [-0.39, 0.29) is 0 Å². The van der Waals surface area contributed by atoms with Crippen molar-refractivity contribution in [3.05, 3.63) is 36.2 Å². The molecule has 0 amide bonds. The lowest BCUT2D eigenvalue weighted by atomic mass is 10.1. The number of allylic oxidation sites excluding steroid dienone is 4. The molecule has 0 N–H and O–H groups in total. The monoisotopic (exact) mass is 230 g/mol. The van der Waals surface area contributed by atoms with Gasteiger partial charge in [-0.05, 0) is 32.3 Å². The first-order valence-corrected chi connectivity index (χ1v) is 6.39. The van der Waals surface area contributed by atoms with Crippen LogP contribution in [0.2, 0.25) is 0 Å². The summed E-state index contributed by atoms with van der Waals surface area (Å²) < 4.78 is 0. The van der Waals surface area contributed by atoms with E-state index < -0.39 is 0 Å². The molecule has 2 aliphatic rings. The zero-order valence-corrected chi connectivity index (χ0v) is 11.1. The molecule has 0 bridgehead atoms. The van der Waals surface area contributed by atoms with E-state index >= 15 is 0 Å². The Labute approximate surface area is 104 Å². The molecular formula is C15H22N2. The van der Waals surface area contributed by atoms with Crippen molar-refractivity contribution >= 4 is 5.71 Å². The van der Waals surface area contributed by atoms with Crippen molar-refractivity contribution in [1.82, 2.24) is 4.90 Å². The molecule has 17 heavy (non-hydrogen) atoms. The summed E-state index contributed by atoms with van der Waals surface area (Å²) in [7, 11) is 4.32. The van der Waals surface area contributed by atoms with Crippen LogP contribution in [0.1, 0.15) is 26.2 Å². The molecule has 0 aromatic heterocycles. The number of rotatable bonds is 5. The van der Waals surface area contributed by atoms with Crippen molar-refractivity contribution < 1.29 is 0 Å². The highest BCUT2D eigenvalue weighted by molar-refractivity contribution is 5.99. The average molecular weight is 230 g/mol. The molecule has 92 valence electrons. The van der Waals surface area contributed by atoms with Gasteiger partial charge in [0.05, 0.1) is 0 Å². The van der Waals surface area contributed by atoms with Gasteiger partial charge in [-0.3, -0.25) is 4.99 Å². The zero-order chi connectivity index (χ0) is 12.4. The van der Waals surface area contributed by atoms with E-state index in [0.717, 1.165) is 5.71 Å². The summed E-state index contributed by atoms with van der Waals surface area (Å²) in [5.74, 6) is 1.28. The summed E-state index contributed by atoms with van der Waals surface area (Å²) in [5, 5.41) is 0. The molecule has 0 radical (unpaired) electrons. The van der Waals surface area contributed by atoms with Gasteiger partial charge in [-0.1, -0.05) is 18.2 Å². The van der Waals surface area contributed by atoms with Crippen LogP contribution < -0.4 is 0 Å². The second-order valence-corrected chi connectivity index (χ2v) is 5.07. The Balaban J connectivity index is 2.09. The Morgan fingerprint density at radius 2 is 2.06 bits per heavy atom. The fourth-order valence-corrected chi connectivity index (χ4v) is 2.51. The van der Waals surface area contributed by atoms with Crippen molar-refractivity contribution in [2.45, 2.75) is 26.2 Å². The van der Waals surface area contributed by atoms with Crippen LogP contribution in [-0.2, 0) is 0 Å². The van der Waals surface area contributed by atoms with Gasteiger partial charge in [0.1, 0.15) is 0 Å². The summed E-state index contributed by atoms with van der Waals surface area (Å²) in [6, 6.07) is 0. The first kappa shape index (κ1) is 12.2. The lowest BCUT2D eigenvalue weighted by Crippen LogP contribution is -2.15. The summed E-state index contributed by atoms with van der Waals surface area (Å²) >= 11 is 0. The van der Waals surface area contributed by atoms with Crippen LogP contribution in [0.3, 0.4) is 0 Å². The molecule has 0 spiro atoms. The molecule has 2 fully saturated rings. The Bertz CT molecular complexity index is 393. The standard InChI is InChI=1S/C15H22N2/c1-5-9-16-14(6-2)12-10-13(12)15(17(3)4)11-7-8-11/h5-6,9,12-13H,2,7-8,10H2,1,3-4H3/b9-5-,16-14+/t12-,13+/m0/s1. The minimum atomic E-state index is 0.592. The van der Waals surface area contributed by atoms with Gasteiger partial charge in [0.2, 0.25) is 0 Å². The predicted octanol–water partition coefficient (Wildman–Crippen LogP) is 3.39. The van der Waals surface area contributed by atoms with E-state index in [4.69, 9.17) is 0 Å². The SMILES string of the molecule is C=C/C(=N\C=C/C)[C@H]1C[C@H]1C(=C1CC1)N(C)C. The van der Waals surface area contributed by atoms with Gasteiger partial charge in [-0.25, -0.2) is 0 Å². The fraction of sp³-hybridized carbons (Fsp3) is 0.533. The molecule has 2 saturated carbocycles. The molecule has 2 atom stereocenters. The molecule has 0 aliphatic heterocycles. The molecule has 2 rings (SSSR count). The van der Waals surface area contributed by atoms with Crippen molar-refractivity contribution in [3.63, 3.8) is 0 Å². The highest BCUT2D eigenvalue weighted by Crippen LogP contribution is 2.50. The summed E-state index contributed by atoms with van der Waals surface area (Å²) in [6.07, 6.45) is 9.58. The molecule has 2 aliphatic carbocycles. The van der Waals surface area contributed by atoms with Crippen LogP contribution >= 0.6 is 0 Å². The summed E-state index contributed by atoms with van der Waals surface area (Å²) in [5.41, 5.74) is 4.36. The Morgan fingerprint density at radius 3 is 2.53 bits per heavy atom. The Morgan fingerprint density at radius 1 is 1.35 bits per heavy atom. The molecule has 2 nitrogen and oxygen atoms in total. The van der Waals surface area contributed by atoms with Gasteiger partial charge in [0, 0.05) is 43.5 Å². The Hall–Kier alpha value is -1.31. The van der Waals surface area contributed by atoms with E-state index in [1.807, 2.05) is 25.3 Å². The van der Waals surface area contributed by atoms with Crippen LogP contribution in [0.15, 0.2) is 41.2 Å².